The van der Waals surface area contributed by atoms with Crippen LogP contribution in [0.25, 0.3) is 0 Å². The molecule has 23 heavy (non-hydrogen) atoms. The Kier molecular flexibility index (Phi) is 5.66. The van der Waals surface area contributed by atoms with Crippen molar-refractivity contribution in [1.82, 2.24) is 14.9 Å². The number of nitrogens with zero attached hydrogens (tertiary/aromatic N) is 2. The van der Waals surface area contributed by atoms with E-state index in [0.29, 0.717) is 19.5 Å². The molecular formula is C17H22ClN3O2. The van der Waals surface area contributed by atoms with E-state index in [4.69, 9.17) is 16.3 Å². The van der Waals surface area contributed by atoms with Crippen molar-refractivity contribution in [3.05, 3.63) is 53.1 Å². The number of benzene rings is 1. The first-order valence-corrected chi connectivity index (χ1v) is 7.91. The molecule has 0 radical (unpaired) electrons. The monoisotopic (exact) mass is 335 g/mol. The van der Waals surface area contributed by atoms with Crippen LogP contribution in [0, 0.1) is 0 Å². The molecule has 1 amide bonds. The van der Waals surface area contributed by atoms with E-state index in [1.807, 2.05) is 49.6 Å². The Bertz CT molecular complexity index is 662. The van der Waals surface area contributed by atoms with Gasteiger partial charge < -0.3 is 14.6 Å². The molecule has 0 saturated carbocycles. The van der Waals surface area contributed by atoms with Gasteiger partial charge in [-0.05, 0) is 38.5 Å². The molecule has 0 aliphatic rings. The lowest BCUT2D eigenvalue weighted by atomic mass is 10.2. The highest BCUT2D eigenvalue weighted by Gasteiger charge is 2.15. The second-order valence-electron chi connectivity index (χ2n) is 6.32. The van der Waals surface area contributed by atoms with Gasteiger partial charge in [0.2, 0.25) is 0 Å². The Hall–Kier alpha value is -2.01. The van der Waals surface area contributed by atoms with Gasteiger partial charge in [0.15, 0.2) is 0 Å². The largest absolute Gasteiger partial charge is 0.444 e. The number of amides is 1. The first-order chi connectivity index (χ1) is 10.8. The predicted octanol–water partition coefficient (Wildman–Crippen LogP) is 3.65. The van der Waals surface area contributed by atoms with E-state index in [0.717, 1.165) is 16.3 Å². The summed E-state index contributed by atoms with van der Waals surface area (Å²) in [7, 11) is 0. The second-order valence-corrected chi connectivity index (χ2v) is 6.76. The number of carbonyl (C=O) groups is 1. The third-order valence-corrected chi connectivity index (χ3v) is 3.32. The molecule has 0 spiro atoms. The fraction of sp³-hybridized carbons (Fsp3) is 0.412. The Morgan fingerprint density at radius 2 is 2.17 bits per heavy atom. The number of halogens is 1. The molecule has 2 rings (SSSR count). The zero-order valence-corrected chi connectivity index (χ0v) is 14.4. The van der Waals surface area contributed by atoms with Crippen molar-refractivity contribution in [2.75, 3.05) is 6.54 Å². The topological polar surface area (TPSA) is 56.1 Å². The summed E-state index contributed by atoms with van der Waals surface area (Å²) in [5, 5.41) is 3.47. The van der Waals surface area contributed by atoms with Gasteiger partial charge in [-0.1, -0.05) is 23.7 Å². The van der Waals surface area contributed by atoms with Crippen LogP contribution in [0.1, 0.15) is 32.0 Å². The highest BCUT2D eigenvalue weighted by molar-refractivity contribution is 6.30. The molecule has 0 atom stereocenters. The van der Waals surface area contributed by atoms with Crippen molar-refractivity contribution in [3.63, 3.8) is 0 Å². The molecule has 5 nitrogen and oxygen atoms in total. The zero-order valence-electron chi connectivity index (χ0n) is 13.7. The summed E-state index contributed by atoms with van der Waals surface area (Å²) < 4.78 is 7.25. The first-order valence-electron chi connectivity index (χ1n) is 7.54. The lowest BCUT2D eigenvalue weighted by Crippen LogP contribution is -2.33. The number of rotatable bonds is 5. The van der Waals surface area contributed by atoms with E-state index in [1.54, 1.807) is 12.5 Å². The molecule has 0 fully saturated rings. The summed E-state index contributed by atoms with van der Waals surface area (Å²) in [6.45, 7) is 6.71. The number of carbonyl (C=O) groups excluding carboxylic acids is 1. The Labute approximate surface area is 141 Å². The minimum Gasteiger partial charge on any atom is -0.444 e. The molecular weight excluding hydrogens is 314 g/mol. The van der Waals surface area contributed by atoms with Gasteiger partial charge in [0.1, 0.15) is 5.60 Å². The molecule has 0 unspecified atom stereocenters. The summed E-state index contributed by atoms with van der Waals surface area (Å²) in [4.78, 5) is 15.8. The maximum atomic E-state index is 11.6. The lowest BCUT2D eigenvalue weighted by Gasteiger charge is -2.19. The van der Waals surface area contributed by atoms with Crippen molar-refractivity contribution in [3.8, 4) is 0 Å². The van der Waals surface area contributed by atoms with Gasteiger partial charge in [-0.2, -0.15) is 0 Å². The molecule has 2 aromatic rings. The van der Waals surface area contributed by atoms with Crippen LogP contribution in [0.5, 0.6) is 0 Å². The van der Waals surface area contributed by atoms with Gasteiger partial charge in [0, 0.05) is 36.4 Å². The molecule has 0 saturated heterocycles. The summed E-state index contributed by atoms with van der Waals surface area (Å²) >= 11 is 6.01. The molecule has 0 aliphatic carbocycles. The summed E-state index contributed by atoms with van der Waals surface area (Å²) in [5.74, 6) is 0. The number of ether oxygens (including phenoxy) is 1. The van der Waals surface area contributed by atoms with Gasteiger partial charge in [-0.25, -0.2) is 9.78 Å². The molecule has 1 aromatic heterocycles. The van der Waals surface area contributed by atoms with Gasteiger partial charge in [0.05, 0.1) is 6.33 Å². The predicted molar refractivity (Wildman–Crippen MR) is 90.7 cm³/mol. The number of imidazole rings is 1. The van der Waals surface area contributed by atoms with Crippen LogP contribution >= 0.6 is 11.6 Å². The van der Waals surface area contributed by atoms with Crippen molar-refractivity contribution in [2.24, 2.45) is 0 Å². The maximum Gasteiger partial charge on any atom is 0.407 e. The zero-order chi connectivity index (χ0) is 16.9. The van der Waals surface area contributed by atoms with E-state index in [2.05, 4.69) is 10.3 Å². The van der Waals surface area contributed by atoms with Crippen LogP contribution < -0.4 is 5.32 Å². The van der Waals surface area contributed by atoms with Crippen LogP contribution in [0.4, 0.5) is 4.79 Å². The third-order valence-electron chi connectivity index (χ3n) is 3.09. The molecule has 124 valence electrons. The van der Waals surface area contributed by atoms with Crippen LogP contribution in [-0.4, -0.2) is 27.8 Å². The SMILES string of the molecule is CC(C)(C)OC(=O)NCCc1cncn1Cc1cccc(Cl)c1. The van der Waals surface area contributed by atoms with Crippen molar-refractivity contribution in [2.45, 2.75) is 39.3 Å². The summed E-state index contributed by atoms with van der Waals surface area (Å²) in [6, 6.07) is 7.74. The molecule has 0 bridgehead atoms. The highest BCUT2D eigenvalue weighted by atomic mass is 35.5. The van der Waals surface area contributed by atoms with Crippen LogP contribution in [0.3, 0.4) is 0 Å². The summed E-state index contributed by atoms with van der Waals surface area (Å²) in [6.07, 6.45) is 3.86. The highest BCUT2D eigenvalue weighted by Crippen LogP contribution is 2.13. The standard InChI is InChI=1S/C17H22ClN3O2/c1-17(2,3)23-16(22)20-8-7-15-10-19-12-21(15)11-13-5-4-6-14(18)9-13/h4-6,9-10,12H,7-8,11H2,1-3H3,(H,20,22). The quantitative estimate of drug-likeness (QED) is 0.907. The minimum atomic E-state index is -0.488. The molecule has 6 heteroatoms. The Morgan fingerprint density at radius 1 is 1.39 bits per heavy atom. The van der Waals surface area contributed by atoms with E-state index in [-0.39, 0.29) is 0 Å². The molecule has 1 N–H and O–H groups in total. The van der Waals surface area contributed by atoms with Crippen LogP contribution in [0.2, 0.25) is 5.02 Å². The smallest absolute Gasteiger partial charge is 0.407 e. The molecule has 1 heterocycles. The fourth-order valence-electron chi connectivity index (χ4n) is 2.14. The van der Waals surface area contributed by atoms with E-state index >= 15 is 0 Å². The Morgan fingerprint density at radius 3 is 2.87 bits per heavy atom. The number of aromatic nitrogens is 2. The fourth-order valence-corrected chi connectivity index (χ4v) is 2.35. The normalized spacial score (nSPS) is 11.3. The Balaban J connectivity index is 1.88. The van der Waals surface area contributed by atoms with E-state index in [9.17, 15) is 4.79 Å². The van der Waals surface area contributed by atoms with Crippen molar-refractivity contribution < 1.29 is 9.53 Å². The van der Waals surface area contributed by atoms with Gasteiger partial charge in [-0.3, -0.25) is 0 Å². The van der Waals surface area contributed by atoms with Gasteiger partial charge in [-0.15, -0.1) is 0 Å². The van der Waals surface area contributed by atoms with Gasteiger partial charge >= 0.3 is 6.09 Å². The van der Waals surface area contributed by atoms with E-state index in [1.165, 1.54) is 0 Å². The van der Waals surface area contributed by atoms with Gasteiger partial charge in [0.25, 0.3) is 0 Å². The second kappa shape index (κ2) is 7.51. The summed E-state index contributed by atoms with van der Waals surface area (Å²) in [5.41, 5.74) is 1.66. The average Bonchev–Trinajstić information content (AvgIpc) is 2.84. The maximum absolute atomic E-state index is 11.6. The van der Waals surface area contributed by atoms with Crippen molar-refractivity contribution >= 4 is 17.7 Å². The molecule has 0 aliphatic heterocycles. The molecule has 1 aromatic carbocycles. The minimum absolute atomic E-state index is 0.404. The average molecular weight is 336 g/mol. The number of nitrogens with one attached hydrogen (secondary N) is 1. The third kappa shape index (κ3) is 5.94. The number of hydrogen-bond donors (Lipinski definition) is 1. The van der Waals surface area contributed by atoms with Crippen molar-refractivity contribution in [1.29, 1.82) is 0 Å². The lowest BCUT2D eigenvalue weighted by molar-refractivity contribution is 0.0528. The first kappa shape index (κ1) is 17.3. The number of hydrogen-bond acceptors (Lipinski definition) is 3. The number of alkyl carbamates (subject to hydrolysis) is 1. The van der Waals surface area contributed by atoms with Crippen LogP contribution in [-0.2, 0) is 17.7 Å². The van der Waals surface area contributed by atoms with E-state index < -0.39 is 11.7 Å². The van der Waals surface area contributed by atoms with Crippen LogP contribution in [0.15, 0.2) is 36.8 Å².